The Kier molecular flexibility index (Phi) is 2.86. The zero-order valence-electron chi connectivity index (χ0n) is 11.0. The normalized spacial score (nSPS) is 36.4. The van der Waals surface area contributed by atoms with E-state index in [0.29, 0.717) is 6.54 Å². The van der Waals surface area contributed by atoms with Crippen LogP contribution in [0.25, 0.3) is 0 Å². The Morgan fingerprint density at radius 1 is 1.59 bits per heavy atom. The summed E-state index contributed by atoms with van der Waals surface area (Å²) in [5.74, 6) is 0. The minimum absolute atomic E-state index is 0.0838. The minimum Gasteiger partial charge on any atom is -0.444 e. The smallest absolute Gasteiger partial charge is 0.410 e. The highest BCUT2D eigenvalue weighted by Crippen LogP contribution is 2.39. The number of likely N-dealkylation sites (tertiary alicyclic amines) is 1. The molecule has 1 amide bonds. The topological polar surface area (TPSA) is 61.8 Å². The number of hydrogen-bond donors (Lipinski definition) is 2. The summed E-state index contributed by atoms with van der Waals surface area (Å²) in [6, 6.07) is 0.363. The second kappa shape index (κ2) is 3.85. The maximum absolute atomic E-state index is 12.0. The predicted molar refractivity (Wildman–Crippen MR) is 63.7 cm³/mol. The average molecular weight is 242 g/mol. The molecule has 2 fully saturated rings. The third-order valence-corrected chi connectivity index (χ3v) is 3.60. The second-order valence-electron chi connectivity index (χ2n) is 6.37. The lowest BCUT2D eigenvalue weighted by atomic mass is 9.80. The van der Waals surface area contributed by atoms with Crippen molar-refractivity contribution in [3.63, 3.8) is 0 Å². The summed E-state index contributed by atoms with van der Waals surface area (Å²) >= 11 is 0. The van der Waals surface area contributed by atoms with Gasteiger partial charge < -0.3 is 20.1 Å². The Morgan fingerprint density at radius 3 is 2.59 bits per heavy atom. The lowest BCUT2D eigenvalue weighted by Crippen LogP contribution is -2.64. The summed E-state index contributed by atoms with van der Waals surface area (Å²) in [4.78, 5) is 13.8. The predicted octanol–water partition coefficient (Wildman–Crippen LogP) is 0.576. The highest BCUT2D eigenvalue weighted by atomic mass is 16.6. The van der Waals surface area contributed by atoms with Crippen molar-refractivity contribution in [2.75, 3.05) is 19.7 Å². The highest BCUT2D eigenvalue weighted by molar-refractivity contribution is 5.70. The number of aliphatic hydroxyl groups is 1. The molecule has 0 aromatic heterocycles. The molecule has 17 heavy (non-hydrogen) atoms. The number of aliphatic hydroxyl groups excluding tert-OH is 1. The van der Waals surface area contributed by atoms with E-state index in [1.54, 1.807) is 4.90 Å². The maximum Gasteiger partial charge on any atom is 0.410 e. The first kappa shape index (κ1) is 12.6. The molecule has 2 N–H and O–H groups in total. The summed E-state index contributed by atoms with van der Waals surface area (Å²) in [6.45, 7) is 9.02. The van der Waals surface area contributed by atoms with Crippen LogP contribution in [-0.2, 0) is 4.74 Å². The van der Waals surface area contributed by atoms with Crippen LogP contribution >= 0.6 is 0 Å². The molecule has 2 rings (SSSR count). The number of rotatable bonds is 1. The van der Waals surface area contributed by atoms with Gasteiger partial charge in [0, 0.05) is 24.5 Å². The van der Waals surface area contributed by atoms with Crippen molar-refractivity contribution in [3.8, 4) is 0 Å². The molecular formula is C12H22N2O3. The van der Waals surface area contributed by atoms with E-state index in [1.165, 1.54) is 0 Å². The fraction of sp³-hybridized carbons (Fsp3) is 0.917. The van der Waals surface area contributed by atoms with Crippen molar-refractivity contribution in [1.82, 2.24) is 10.2 Å². The number of ether oxygens (including phenoxy) is 1. The monoisotopic (exact) mass is 242 g/mol. The molecule has 5 nitrogen and oxygen atoms in total. The molecular weight excluding hydrogens is 220 g/mol. The van der Waals surface area contributed by atoms with Crippen molar-refractivity contribution in [3.05, 3.63) is 0 Å². The number of amides is 1. The second-order valence-corrected chi connectivity index (χ2v) is 6.37. The van der Waals surface area contributed by atoms with Gasteiger partial charge in [-0.25, -0.2) is 4.79 Å². The number of nitrogens with one attached hydrogen (secondary N) is 1. The van der Waals surface area contributed by atoms with Crippen LogP contribution in [0.1, 0.15) is 27.7 Å². The Hall–Kier alpha value is -0.810. The van der Waals surface area contributed by atoms with Gasteiger partial charge in [0.05, 0.1) is 12.6 Å². The molecule has 98 valence electrons. The molecule has 5 heteroatoms. The van der Waals surface area contributed by atoms with E-state index in [0.717, 1.165) is 6.54 Å². The fourth-order valence-electron chi connectivity index (χ4n) is 2.62. The molecule has 0 radical (unpaired) electrons. The van der Waals surface area contributed by atoms with E-state index < -0.39 is 5.60 Å². The van der Waals surface area contributed by atoms with Crippen molar-refractivity contribution in [1.29, 1.82) is 0 Å². The van der Waals surface area contributed by atoms with E-state index in [9.17, 15) is 9.90 Å². The maximum atomic E-state index is 12.0. The number of carbonyl (C=O) groups is 1. The number of nitrogens with zero attached hydrogens (tertiary/aromatic N) is 1. The van der Waals surface area contributed by atoms with Crippen LogP contribution in [0.4, 0.5) is 4.79 Å². The molecule has 0 spiro atoms. The molecule has 3 atom stereocenters. The third-order valence-electron chi connectivity index (χ3n) is 3.60. The zero-order valence-corrected chi connectivity index (χ0v) is 11.0. The number of carbonyl (C=O) groups excluding carboxylic acids is 1. The van der Waals surface area contributed by atoms with Crippen molar-refractivity contribution < 1.29 is 14.6 Å². The fourth-order valence-corrected chi connectivity index (χ4v) is 2.62. The van der Waals surface area contributed by atoms with Crippen molar-refractivity contribution >= 4 is 6.09 Å². The van der Waals surface area contributed by atoms with Crippen LogP contribution in [0.5, 0.6) is 0 Å². The van der Waals surface area contributed by atoms with Gasteiger partial charge in [-0.05, 0) is 20.8 Å². The zero-order chi connectivity index (χ0) is 12.8. The molecule has 2 heterocycles. The molecule has 0 aromatic rings. The van der Waals surface area contributed by atoms with E-state index in [-0.39, 0.29) is 30.2 Å². The van der Waals surface area contributed by atoms with Crippen LogP contribution in [0.15, 0.2) is 0 Å². The standard InChI is InChI=1S/C12H22N2O3/c1-11(2,3)17-10(16)14-6-12(4,7-15)9-8(14)5-13-9/h8-9,13,15H,5-7H2,1-4H3/t8-,9+,12?/m0/s1. The Bertz CT molecular complexity index is 326. The van der Waals surface area contributed by atoms with Gasteiger partial charge in [-0.1, -0.05) is 6.92 Å². The van der Waals surface area contributed by atoms with Crippen LogP contribution in [-0.4, -0.2) is 53.5 Å². The van der Waals surface area contributed by atoms with Gasteiger partial charge in [0.15, 0.2) is 0 Å². The molecule has 2 saturated heterocycles. The van der Waals surface area contributed by atoms with Crippen LogP contribution in [0, 0.1) is 5.41 Å². The van der Waals surface area contributed by atoms with Gasteiger partial charge >= 0.3 is 6.09 Å². The van der Waals surface area contributed by atoms with Gasteiger partial charge in [0.2, 0.25) is 0 Å². The van der Waals surface area contributed by atoms with Crippen LogP contribution < -0.4 is 5.32 Å². The Labute approximate surface area is 102 Å². The van der Waals surface area contributed by atoms with E-state index >= 15 is 0 Å². The van der Waals surface area contributed by atoms with E-state index in [2.05, 4.69) is 5.32 Å². The van der Waals surface area contributed by atoms with Gasteiger partial charge in [-0.15, -0.1) is 0 Å². The largest absolute Gasteiger partial charge is 0.444 e. The summed E-state index contributed by atoms with van der Waals surface area (Å²) in [5, 5.41) is 12.7. The number of fused-ring (bicyclic) bond motifs is 1. The van der Waals surface area contributed by atoms with Gasteiger partial charge in [0.25, 0.3) is 0 Å². The Morgan fingerprint density at radius 2 is 2.24 bits per heavy atom. The summed E-state index contributed by atoms with van der Waals surface area (Å²) < 4.78 is 5.39. The summed E-state index contributed by atoms with van der Waals surface area (Å²) in [6.07, 6.45) is -0.272. The first-order valence-corrected chi connectivity index (χ1v) is 6.11. The van der Waals surface area contributed by atoms with Crippen molar-refractivity contribution in [2.45, 2.75) is 45.4 Å². The van der Waals surface area contributed by atoms with E-state index in [1.807, 2.05) is 27.7 Å². The first-order chi connectivity index (χ1) is 7.77. The Balaban J connectivity index is 2.06. The molecule has 1 unspecified atom stereocenters. The number of hydrogen-bond acceptors (Lipinski definition) is 4. The van der Waals surface area contributed by atoms with Crippen LogP contribution in [0.3, 0.4) is 0 Å². The summed E-state index contributed by atoms with van der Waals surface area (Å²) in [7, 11) is 0. The summed E-state index contributed by atoms with van der Waals surface area (Å²) in [5.41, 5.74) is -0.720. The first-order valence-electron chi connectivity index (χ1n) is 6.11. The SMILES string of the molecule is CC(C)(C)OC(=O)N1CC(C)(CO)[C@@H]2NC[C@@H]21. The van der Waals surface area contributed by atoms with Gasteiger partial charge in [0.1, 0.15) is 5.60 Å². The highest BCUT2D eigenvalue weighted by Gasteiger charge is 2.56. The lowest BCUT2D eigenvalue weighted by molar-refractivity contribution is 0.0171. The quantitative estimate of drug-likeness (QED) is 0.706. The third kappa shape index (κ3) is 2.13. The molecule has 2 aliphatic rings. The molecule has 0 aliphatic carbocycles. The van der Waals surface area contributed by atoms with Gasteiger partial charge in [-0.2, -0.15) is 0 Å². The van der Waals surface area contributed by atoms with Gasteiger partial charge in [-0.3, -0.25) is 0 Å². The van der Waals surface area contributed by atoms with Crippen LogP contribution in [0.2, 0.25) is 0 Å². The molecule has 0 aromatic carbocycles. The average Bonchev–Trinajstić information content (AvgIpc) is 2.31. The minimum atomic E-state index is -0.470. The van der Waals surface area contributed by atoms with Crippen molar-refractivity contribution in [2.24, 2.45) is 5.41 Å². The molecule has 0 saturated carbocycles. The molecule has 0 bridgehead atoms. The van der Waals surface area contributed by atoms with E-state index in [4.69, 9.17) is 4.74 Å². The molecule has 2 aliphatic heterocycles. The lowest BCUT2D eigenvalue weighted by Gasteiger charge is -2.41.